The Labute approximate surface area is 130 Å². The van der Waals surface area contributed by atoms with Crippen molar-refractivity contribution in [1.29, 1.82) is 0 Å². The highest BCUT2D eigenvalue weighted by molar-refractivity contribution is 7.89. The first kappa shape index (κ1) is 16.5. The third kappa shape index (κ3) is 3.45. The summed E-state index contributed by atoms with van der Waals surface area (Å²) in [6.07, 6.45) is 0. The molecule has 0 heterocycles. The highest BCUT2D eigenvalue weighted by atomic mass is 32.2. The molecule has 0 saturated carbocycles. The molecule has 1 N–H and O–H groups in total. The van der Waals surface area contributed by atoms with Crippen LogP contribution < -0.4 is 9.46 Å². The van der Waals surface area contributed by atoms with E-state index in [9.17, 15) is 12.8 Å². The van der Waals surface area contributed by atoms with Crippen LogP contribution >= 0.6 is 0 Å². The zero-order valence-electron chi connectivity index (χ0n) is 12.6. The zero-order chi connectivity index (χ0) is 16.3. The molecule has 0 radical (unpaired) electrons. The molecule has 22 heavy (non-hydrogen) atoms. The van der Waals surface area contributed by atoms with Gasteiger partial charge in [-0.2, -0.15) is 0 Å². The smallest absolute Gasteiger partial charge is 0.241 e. The van der Waals surface area contributed by atoms with E-state index in [1.54, 1.807) is 38.1 Å². The van der Waals surface area contributed by atoms with Crippen LogP contribution in [0.4, 0.5) is 4.39 Å². The second-order valence-corrected chi connectivity index (χ2v) is 6.68. The van der Waals surface area contributed by atoms with Crippen molar-refractivity contribution in [3.05, 3.63) is 59.4 Å². The fraction of sp³-hybridized carbons (Fsp3) is 0.250. The Balaban J connectivity index is 2.34. The third-order valence-corrected chi connectivity index (χ3v) is 5.06. The Bertz CT molecular complexity index is 775. The van der Waals surface area contributed by atoms with Gasteiger partial charge in [-0.05, 0) is 37.6 Å². The number of methoxy groups -OCH3 is 1. The summed E-state index contributed by atoms with van der Waals surface area (Å²) in [6, 6.07) is 10.3. The minimum atomic E-state index is -3.83. The van der Waals surface area contributed by atoms with Crippen LogP contribution in [0.3, 0.4) is 0 Å². The lowest BCUT2D eigenvalue weighted by Crippen LogP contribution is -2.27. The van der Waals surface area contributed by atoms with Crippen LogP contribution in [0.1, 0.15) is 24.1 Å². The number of hydrogen-bond acceptors (Lipinski definition) is 3. The van der Waals surface area contributed by atoms with E-state index in [0.717, 1.165) is 6.07 Å². The van der Waals surface area contributed by atoms with Gasteiger partial charge in [0.05, 0.1) is 12.0 Å². The normalized spacial score (nSPS) is 12.9. The Hall–Kier alpha value is -1.92. The zero-order valence-corrected chi connectivity index (χ0v) is 13.4. The van der Waals surface area contributed by atoms with Crippen LogP contribution in [0.15, 0.2) is 47.4 Å². The maximum Gasteiger partial charge on any atom is 0.241 e. The van der Waals surface area contributed by atoms with Crippen LogP contribution in [-0.2, 0) is 10.0 Å². The molecule has 0 unspecified atom stereocenters. The molecule has 0 amide bonds. The molecule has 2 aromatic rings. The predicted molar refractivity (Wildman–Crippen MR) is 82.9 cm³/mol. The van der Waals surface area contributed by atoms with Crippen molar-refractivity contribution in [3.63, 3.8) is 0 Å². The molecule has 0 bridgehead atoms. The van der Waals surface area contributed by atoms with Crippen molar-refractivity contribution < 1.29 is 17.5 Å². The Morgan fingerprint density at radius 1 is 1.18 bits per heavy atom. The van der Waals surface area contributed by atoms with Crippen LogP contribution in [0.5, 0.6) is 5.75 Å². The largest absolute Gasteiger partial charge is 0.496 e. The Morgan fingerprint density at radius 3 is 2.55 bits per heavy atom. The summed E-state index contributed by atoms with van der Waals surface area (Å²) < 4.78 is 46.1. The van der Waals surface area contributed by atoms with Gasteiger partial charge in [-0.25, -0.2) is 17.5 Å². The highest BCUT2D eigenvalue weighted by Gasteiger charge is 2.22. The molecule has 0 aliphatic rings. The molecule has 4 nitrogen and oxygen atoms in total. The average Bonchev–Trinajstić information content (AvgIpc) is 2.49. The number of benzene rings is 2. The molecule has 6 heteroatoms. The SMILES string of the molecule is COc1ccccc1[C@H](C)NS(=O)(=O)c1cc(F)ccc1C. The first-order chi connectivity index (χ1) is 10.3. The molecule has 0 aliphatic carbocycles. The number of sulfonamides is 1. The number of halogens is 1. The van der Waals surface area contributed by atoms with Gasteiger partial charge in [0, 0.05) is 11.6 Å². The summed E-state index contributed by atoms with van der Waals surface area (Å²) in [6.45, 7) is 3.34. The number of hydrogen-bond donors (Lipinski definition) is 1. The van der Waals surface area contributed by atoms with Gasteiger partial charge >= 0.3 is 0 Å². The molecule has 0 saturated heterocycles. The highest BCUT2D eigenvalue weighted by Crippen LogP contribution is 2.26. The Morgan fingerprint density at radius 2 is 1.86 bits per heavy atom. The van der Waals surface area contributed by atoms with Crippen LogP contribution in [0.25, 0.3) is 0 Å². The standard InChI is InChI=1S/C16H18FNO3S/c1-11-8-9-13(17)10-16(11)22(19,20)18-12(2)14-6-4-5-7-15(14)21-3/h4-10,12,18H,1-3H3/t12-/m0/s1. The summed E-state index contributed by atoms with van der Waals surface area (Å²) in [5.41, 5.74) is 1.20. The minimum Gasteiger partial charge on any atom is -0.496 e. The minimum absolute atomic E-state index is 0.0609. The fourth-order valence-corrected chi connectivity index (χ4v) is 3.73. The van der Waals surface area contributed by atoms with Gasteiger partial charge < -0.3 is 4.74 Å². The first-order valence-corrected chi connectivity index (χ1v) is 8.25. The number of rotatable bonds is 5. The van der Waals surface area contributed by atoms with E-state index >= 15 is 0 Å². The van der Waals surface area contributed by atoms with Gasteiger partial charge in [-0.1, -0.05) is 24.3 Å². The summed E-state index contributed by atoms with van der Waals surface area (Å²) >= 11 is 0. The monoisotopic (exact) mass is 323 g/mol. The number of para-hydroxylation sites is 1. The van der Waals surface area contributed by atoms with Gasteiger partial charge in [-0.3, -0.25) is 0 Å². The Kier molecular flexibility index (Phi) is 4.83. The number of aryl methyl sites for hydroxylation is 1. The third-order valence-electron chi connectivity index (χ3n) is 3.38. The molecule has 1 atom stereocenters. The molecule has 0 spiro atoms. The maximum atomic E-state index is 13.3. The molecule has 0 aromatic heterocycles. The molecule has 0 fully saturated rings. The molecule has 2 aromatic carbocycles. The van der Waals surface area contributed by atoms with Crippen molar-refractivity contribution in [3.8, 4) is 5.75 Å². The van der Waals surface area contributed by atoms with Gasteiger partial charge in [-0.15, -0.1) is 0 Å². The topological polar surface area (TPSA) is 55.4 Å². The van der Waals surface area contributed by atoms with Crippen molar-refractivity contribution in [2.24, 2.45) is 0 Å². The van der Waals surface area contributed by atoms with Crippen molar-refractivity contribution in [1.82, 2.24) is 4.72 Å². The maximum absolute atomic E-state index is 13.3. The summed E-state index contributed by atoms with van der Waals surface area (Å²) in [7, 11) is -2.31. The summed E-state index contributed by atoms with van der Waals surface area (Å²) in [5, 5.41) is 0. The quantitative estimate of drug-likeness (QED) is 0.919. The van der Waals surface area contributed by atoms with E-state index < -0.39 is 21.9 Å². The lowest BCUT2D eigenvalue weighted by molar-refractivity contribution is 0.405. The second kappa shape index (κ2) is 6.46. The van der Waals surface area contributed by atoms with E-state index in [4.69, 9.17) is 4.74 Å². The van der Waals surface area contributed by atoms with Crippen molar-refractivity contribution in [2.45, 2.75) is 24.8 Å². The van der Waals surface area contributed by atoms with Gasteiger partial charge in [0.1, 0.15) is 11.6 Å². The summed E-state index contributed by atoms with van der Waals surface area (Å²) in [5.74, 6) is 0.00424. The molecule has 118 valence electrons. The van der Waals surface area contributed by atoms with Gasteiger partial charge in [0.25, 0.3) is 0 Å². The van der Waals surface area contributed by atoms with Crippen LogP contribution in [0, 0.1) is 12.7 Å². The molecule has 0 aliphatic heterocycles. The van der Waals surface area contributed by atoms with Crippen molar-refractivity contribution >= 4 is 10.0 Å². The lowest BCUT2D eigenvalue weighted by atomic mass is 10.1. The van der Waals surface area contributed by atoms with E-state index in [-0.39, 0.29) is 4.90 Å². The predicted octanol–water partition coefficient (Wildman–Crippen LogP) is 3.18. The van der Waals surface area contributed by atoms with Gasteiger partial charge in [0.15, 0.2) is 0 Å². The molecule has 2 rings (SSSR count). The van der Waals surface area contributed by atoms with E-state index in [1.165, 1.54) is 19.2 Å². The van der Waals surface area contributed by atoms with Crippen LogP contribution in [0.2, 0.25) is 0 Å². The molecular formula is C16H18FNO3S. The average molecular weight is 323 g/mol. The van der Waals surface area contributed by atoms with Crippen LogP contribution in [-0.4, -0.2) is 15.5 Å². The first-order valence-electron chi connectivity index (χ1n) is 6.76. The van der Waals surface area contributed by atoms with Gasteiger partial charge in [0.2, 0.25) is 10.0 Å². The van der Waals surface area contributed by atoms with E-state index in [1.807, 2.05) is 0 Å². The summed E-state index contributed by atoms with van der Waals surface area (Å²) in [4.78, 5) is -0.0609. The molecular weight excluding hydrogens is 305 g/mol. The van der Waals surface area contributed by atoms with E-state index in [2.05, 4.69) is 4.72 Å². The number of nitrogens with one attached hydrogen (secondary N) is 1. The fourth-order valence-electron chi connectivity index (χ4n) is 2.25. The van der Waals surface area contributed by atoms with Crippen molar-refractivity contribution in [2.75, 3.05) is 7.11 Å². The second-order valence-electron chi connectivity index (χ2n) is 4.99. The van der Waals surface area contributed by atoms with E-state index in [0.29, 0.717) is 16.9 Å². The number of ether oxygens (including phenoxy) is 1. The lowest BCUT2D eigenvalue weighted by Gasteiger charge is -2.18.